The third kappa shape index (κ3) is 3.12. The minimum atomic E-state index is -3.24. The van der Waals surface area contributed by atoms with Crippen LogP contribution in [0.15, 0.2) is 53.4 Å². The lowest BCUT2D eigenvalue weighted by atomic mass is 9.96. The Balaban J connectivity index is 2.05. The topological polar surface area (TPSA) is 60.4 Å². The van der Waals surface area contributed by atoms with Gasteiger partial charge in [-0.15, -0.1) is 0 Å². The molecule has 0 aromatic heterocycles. The molecule has 0 N–H and O–H groups in total. The average Bonchev–Trinajstić information content (AvgIpc) is 2.96. The highest BCUT2D eigenvalue weighted by atomic mass is 32.2. The van der Waals surface area contributed by atoms with Crippen LogP contribution in [0, 0.1) is 0 Å². The van der Waals surface area contributed by atoms with Gasteiger partial charge in [0.25, 0.3) is 0 Å². The predicted octanol–water partition coefficient (Wildman–Crippen LogP) is 3.12. The average molecular weight is 342 g/mol. The van der Waals surface area contributed by atoms with Gasteiger partial charge in [-0.2, -0.15) is 0 Å². The molecule has 0 aliphatic carbocycles. The summed E-state index contributed by atoms with van der Waals surface area (Å²) in [6.07, 6.45) is 2.10. The summed E-state index contributed by atoms with van der Waals surface area (Å²) in [4.78, 5) is 12.4. The van der Waals surface area contributed by atoms with E-state index < -0.39 is 9.84 Å². The minimum absolute atomic E-state index is 0.196. The van der Waals surface area contributed by atoms with Crippen LogP contribution in [-0.2, 0) is 25.8 Å². The van der Waals surface area contributed by atoms with Gasteiger partial charge in [-0.3, -0.25) is 0 Å². The van der Waals surface area contributed by atoms with Crippen molar-refractivity contribution >= 4 is 27.0 Å². The first-order chi connectivity index (χ1) is 11.4. The van der Waals surface area contributed by atoms with Crippen molar-refractivity contribution in [3.63, 3.8) is 0 Å². The highest BCUT2D eigenvalue weighted by Gasteiger charge is 2.27. The number of sulfone groups is 1. The van der Waals surface area contributed by atoms with Crippen molar-refractivity contribution in [2.45, 2.75) is 18.2 Å². The van der Waals surface area contributed by atoms with E-state index in [0.29, 0.717) is 5.57 Å². The zero-order chi connectivity index (χ0) is 17.3. The van der Waals surface area contributed by atoms with Crippen LogP contribution < -0.4 is 0 Å². The van der Waals surface area contributed by atoms with Crippen LogP contribution >= 0.6 is 0 Å². The molecule has 1 heterocycles. The van der Waals surface area contributed by atoms with Crippen molar-refractivity contribution in [1.29, 1.82) is 0 Å². The lowest BCUT2D eigenvalue weighted by molar-refractivity contribution is -0.133. The van der Waals surface area contributed by atoms with Gasteiger partial charge in [0.1, 0.15) is 6.61 Å². The molecular formula is C19H18O4S. The van der Waals surface area contributed by atoms with E-state index in [0.717, 1.165) is 23.1 Å². The van der Waals surface area contributed by atoms with E-state index in [1.54, 1.807) is 24.3 Å². The zero-order valence-electron chi connectivity index (χ0n) is 13.6. The first-order valence-corrected chi connectivity index (χ1v) is 9.59. The van der Waals surface area contributed by atoms with Crippen molar-refractivity contribution in [3.05, 3.63) is 65.2 Å². The second-order valence-corrected chi connectivity index (χ2v) is 7.79. The molecule has 0 radical (unpaired) electrons. The second-order valence-electron chi connectivity index (χ2n) is 5.78. The number of carbonyl (C=O) groups is 1. The molecule has 0 saturated carbocycles. The number of hydrogen-bond donors (Lipinski definition) is 0. The standard InChI is InChI=1S/C19H18O4S/c1-3-13-4-6-15(7-5-13)18-17(12-23-19(18)20)14-8-10-16(11-9-14)24(2,21)22/h4-11H,3,12H2,1-2H3. The molecule has 2 aromatic rings. The minimum Gasteiger partial charge on any atom is -0.457 e. The van der Waals surface area contributed by atoms with E-state index in [-0.39, 0.29) is 17.5 Å². The largest absolute Gasteiger partial charge is 0.457 e. The summed E-state index contributed by atoms with van der Waals surface area (Å²) >= 11 is 0. The summed E-state index contributed by atoms with van der Waals surface area (Å²) in [6, 6.07) is 14.4. The van der Waals surface area contributed by atoms with Crippen molar-refractivity contribution in [3.8, 4) is 0 Å². The number of ether oxygens (including phenoxy) is 1. The fraction of sp³-hybridized carbons (Fsp3) is 0.211. The Hall–Kier alpha value is -2.40. The molecule has 124 valence electrons. The molecular weight excluding hydrogens is 324 g/mol. The Morgan fingerprint density at radius 3 is 2.08 bits per heavy atom. The fourth-order valence-electron chi connectivity index (χ4n) is 2.74. The molecule has 24 heavy (non-hydrogen) atoms. The highest BCUT2D eigenvalue weighted by Crippen LogP contribution is 2.33. The number of rotatable bonds is 4. The summed E-state index contributed by atoms with van der Waals surface area (Å²) in [5, 5.41) is 0. The number of cyclic esters (lactones) is 1. The van der Waals surface area contributed by atoms with Crippen LogP contribution in [0.4, 0.5) is 0 Å². The molecule has 0 fully saturated rings. The summed E-state index contributed by atoms with van der Waals surface area (Å²) in [7, 11) is -3.24. The molecule has 0 bridgehead atoms. The Kier molecular flexibility index (Phi) is 4.28. The first-order valence-electron chi connectivity index (χ1n) is 7.70. The smallest absolute Gasteiger partial charge is 0.339 e. The molecule has 2 aromatic carbocycles. The van der Waals surface area contributed by atoms with Gasteiger partial charge in [0.05, 0.1) is 10.5 Å². The number of hydrogen-bond acceptors (Lipinski definition) is 4. The van der Waals surface area contributed by atoms with E-state index in [9.17, 15) is 13.2 Å². The van der Waals surface area contributed by atoms with Crippen LogP contribution in [-0.4, -0.2) is 27.2 Å². The van der Waals surface area contributed by atoms with Crippen LogP contribution in [0.1, 0.15) is 23.6 Å². The van der Waals surface area contributed by atoms with Gasteiger partial charge in [-0.25, -0.2) is 13.2 Å². The molecule has 0 amide bonds. The predicted molar refractivity (Wildman–Crippen MR) is 93.1 cm³/mol. The van der Waals surface area contributed by atoms with Gasteiger partial charge < -0.3 is 4.74 Å². The molecule has 0 unspecified atom stereocenters. The summed E-state index contributed by atoms with van der Waals surface area (Å²) in [6.45, 7) is 2.27. The van der Waals surface area contributed by atoms with Gasteiger partial charge in [-0.1, -0.05) is 43.3 Å². The van der Waals surface area contributed by atoms with E-state index >= 15 is 0 Å². The van der Waals surface area contributed by atoms with E-state index in [1.807, 2.05) is 24.3 Å². The Morgan fingerprint density at radius 1 is 0.958 bits per heavy atom. The Labute approximate surface area is 141 Å². The number of aryl methyl sites for hydroxylation is 1. The molecule has 0 atom stereocenters. The zero-order valence-corrected chi connectivity index (χ0v) is 14.4. The van der Waals surface area contributed by atoms with E-state index in [2.05, 4.69) is 6.92 Å². The molecule has 0 saturated heterocycles. The Morgan fingerprint density at radius 2 is 1.54 bits per heavy atom. The monoisotopic (exact) mass is 342 g/mol. The summed E-state index contributed by atoms with van der Waals surface area (Å²) in [5.74, 6) is -0.346. The van der Waals surface area contributed by atoms with Crippen LogP contribution in [0.3, 0.4) is 0 Å². The lowest BCUT2D eigenvalue weighted by Gasteiger charge is -2.06. The normalized spacial score (nSPS) is 14.8. The molecule has 4 nitrogen and oxygen atoms in total. The van der Waals surface area contributed by atoms with Gasteiger partial charge in [-0.05, 0) is 35.2 Å². The maximum absolute atomic E-state index is 12.2. The summed E-state index contributed by atoms with van der Waals surface area (Å²) < 4.78 is 28.4. The maximum atomic E-state index is 12.2. The van der Waals surface area contributed by atoms with E-state index in [1.165, 1.54) is 11.8 Å². The highest BCUT2D eigenvalue weighted by molar-refractivity contribution is 7.90. The molecule has 3 rings (SSSR count). The SMILES string of the molecule is CCc1ccc(C2=C(c3ccc(S(C)(=O)=O)cc3)COC2=O)cc1. The maximum Gasteiger partial charge on any atom is 0.339 e. The van der Waals surface area contributed by atoms with Crippen molar-refractivity contribution < 1.29 is 17.9 Å². The van der Waals surface area contributed by atoms with Crippen LogP contribution in [0.25, 0.3) is 11.1 Å². The third-order valence-corrected chi connectivity index (χ3v) is 5.26. The molecule has 0 spiro atoms. The van der Waals surface area contributed by atoms with Gasteiger partial charge in [0.15, 0.2) is 9.84 Å². The molecule has 1 aliphatic heterocycles. The summed E-state index contributed by atoms with van der Waals surface area (Å²) in [5.41, 5.74) is 4.14. The van der Waals surface area contributed by atoms with Crippen molar-refractivity contribution in [1.82, 2.24) is 0 Å². The van der Waals surface area contributed by atoms with Crippen molar-refractivity contribution in [2.75, 3.05) is 12.9 Å². The second kappa shape index (κ2) is 6.24. The first kappa shape index (κ1) is 16.5. The van der Waals surface area contributed by atoms with Crippen molar-refractivity contribution in [2.24, 2.45) is 0 Å². The van der Waals surface area contributed by atoms with Gasteiger partial charge in [0, 0.05) is 11.8 Å². The lowest BCUT2D eigenvalue weighted by Crippen LogP contribution is -1.99. The fourth-order valence-corrected chi connectivity index (χ4v) is 3.37. The quantitative estimate of drug-likeness (QED) is 0.801. The molecule has 5 heteroatoms. The van der Waals surface area contributed by atoms with Gasteiger partial charge >= 0.3 is 5.97 Å². The number of carbonyl (C=O) groups excluding carboxylic acids is 1. The van der Waals surface area contributed by atoms with Crippen LogP contribution in [0.5, 0.6) is 0 Å². The Bertz CT molecular complexity index is 905. The van der Waals surface area contributed by atoms with E-state index in [4.69, 9.17) is 4.74 Å². The number of esters is 1. The third-order valence-electron chi connectivity index (χ3n) is 4.14. The van der Waals surface area contributed by atoms with Gasteiger partial charge in [0.2, 0.25) is 0 Å². The van der Waals surface area contributed by atoms with Crippen LogP contribution in [0.2, 0.25) is 0 Å². The molecule has 1 aliphatic rings. The number of benzene rings is 2.